The summed E-state index contributed by atoms with van der Waals surface area (Å²) >= 11 is 0. The summed E-state index contributed by atoms with van der Waals surface area (Å²) in [6.45, 7) is -0.132. The number of rotatable bonds is 6. The number of nitrogens with zero attached hydrogens (tertiary/aromatic N) is 1. The molecule has 0 unspecified atom stereocenters. The maximum atomic E-state index is 12.0. The molecule has 0 spiro atoms. The lowest BCUT2D eigenvalue weighted by Crippen LogP contribution is -2.05. The highest BCUT2D eigenvalue weighted by Gasteiger charge is 2.09. The average Bonchev–Trinajstić information content (AvgIpc) is 2.69. The number of fused-ring (bicyclic) bond motifs is 1. The van der Waals surface area contributed by atoms with Crippen molar-refractivity contribution >= 4 is 28.7 Å². The van der Waals surface area contributed by atoms with Crippen LogP contribution in [-0.2, 0) is 16.1 Å². The number of benzene rings is 2. The van der Waals surface area contributed by atoms with E-state index in [1.54, 1.807) is 24.3 Å². The van der Waals surface area contributed by atoms with Crippen molar-refractivity contribution in [1.29, 1.82) is 0 Å². The van der Waals surface area contributed by atoms with E-state index in [1.165, 1.54) is 37.5 Å². The molecule has 0 aliphatic heterocycles. The van der Waals surface area contributed by atoms with Crippen molar-refractivity contribution in [2.75, 3.05) is 7.11 Å². The predicted molar refractivity (Wildman–Crippen MR) is 101 cm³/mol. The molecule has 28 heavy (non-hydrogen) atoms. The second-order valence-corrected chi connectivity index (χ2v) is 5.75. The third kappa shape index (κ3) is 4.42. The van der Waals surface area contributed by atoms with E-state index >= 15 is 0 Å². The summed E-state index contributed by atoms with van der Waals surface area (Å²) in [5, 5.41) is 11.4. The topological polar surface area (TPSA) is 109 Å². The molecule has 8 nitrogen and oxygen atoms in total. The van der Waals surface area contributed by atoms with Crippen molar-refractivity contribution in [3.8, 4) is 5.75 Å². The Kier molecular flexibility index (Phi) is 5.50. The van der Waals surface area contributed by atoms with Gasteiger partial charge in [-0.05, 0) is 23.8 Å². The van der Waals surface area contributed by atoms with Crippen molar-refractivity contribution in [1.82, 2.24) is 0 Å². The van der Waals surface area contributed by atoms with E-state index in [9.17, 15) is 19.7 Å². The summed E-state index contributed by atoms with van der Waals surface area (Å²) in [4.78, 5) is 34.0. The van der Waals surface area contributed by atoms with Gasteiger partial charge in [0.05, 0.1) is 12.0 Å². The Morgan fingerprint density at radius 1 is 1.21 bits per heavy atom. The number of ether oxygens (including phenoxy) is 2. The van der Waals surface area contributed by atoms with Gasteiger partial charge in [0.25, 0.3) is 5.69 Å². The van der Waals surface area contributed by atoms with E-state index in [-0.39, 0.29) is 12.3 Å². The van der Waals surface area contributed by atoms with E-state index in [0.29, 0.717) is 27.8 Å². The first-order valence-corrected chi connectivity index (χ1v) is 8.16. The summed E-state index contributed by atoms with van der Waals surface area (Å²) in [5.41, 5.74) is 0.660. The van der Waals surface area contributed by atoms with Crippen LogP contribution in [0, 0.1) is 10.1 Å². The van der Waals surface area contributed by atoms with Crippen molar-refractivity contribution < 1.29 is 23.6 Å². The van der Waals surface area contributed by atoms with Crippen LogP contribution in [0.3, 0.4) is 0 Å². The molecule has 0 aliphatic carbocycles. The van der Waals surface area contributed by atoms with E-state index in [1.807, 2.05) is 0 Å². The zero-order chi connectivity index (χ0) is 20.1. The van der Waals surface area contributed by atoms with Crippen molar-refractivity contribution in [2.45, 2.75) is 6.61 Å². The minimum absolute atomic E-state index is 0.0755. The third-order valence-electron chi connectivity index (χ3n) is 3.90. The number of nitro benzene ring substituents is 1. The van der Waals surface area contributed by atoms with Gasteiger partial charge >= 0.3 is 11.6 Å². The number of carbonyl (C=O) groups is 1. The lowest BCUT2D eigenvalue weighted by Gasteiger charge is -2.07. The van der Waals surface area contributed by atoms with Crippen LogP contribution in [0.25, 0.3) is 17.0 Å². The summed E-state index contributed by atoms with van der Waals surface area (Å²) in [5.74, 6) is -0.119. The molecule has 0 radical (unpaired) electrons. The van der Waals surface area contributed by atoms with E-state index in [0.717, 1.165) is 6.08 Å². The maximum absolute atomic E-state index is 12.0. The van der Waals surface area contributed by atoms with Crippen molar-refractivity contribution in [2.24, 2.45) is 0 Å². The molecular weight excluding hydrogens is 366 g/mol. The molecule has 2 aromatic carbocycles. The average molecular weight is 381 g/mol. The Bertz CT molecular complexity index is 1130. The summed E-state index contributed by atoms with van der Waals surface area (Å²) in [6, 6.07) is 12.1. The Hall–Kier alpha value is -3.94. The third-order valence-corrected chi connectivity index (χ3v) is 3.90. The van der Waals surface area contributed by atoms with Crippen LogP contribution in [0.5, 0.6) is 5.75 Å². The second-order valence-electron chi connectivity index (χ2n) is 5.75. The normalized spacial score (nSPS) is 10.9. The highest BCUT2D eigenvalue weighted by molar-refractivity contribution is 5.87. The molecule has 0 N–H and O–H groups in total. The first-order chi connectivity index (χ1) is 13.5. The van der Waals surface area contributed by atoms with Crippen LogP contribution in [0.15, 0.2) is 63.8 Å². The van der Waals surface area contributed by atoms with Crippen molar-refractivity contribution in [3.63, 3.8) is 0 Å². The molecule has 0 bridgehead atoms. The first-order valence-electron chi connectivity index (χ1n) is 8.16. The van der Waals surface area contributed by atoms with Crippen molar-refractivity contribution in [3.05, 3.63) is 86.3 Å². The Morgan fingerprint density at radius 2 is 2.04 bits per heavy atom. The summed E-state index contributed by atoms with van der Waals surface area (Å²) in [7, 11) is 1.50. The van der Waals surface area contributed by atoms with Gasteiger partial charge in [-0.3, -0.25) is 10.1 Å². The minimum atomic E-state index is -0.651. The fourth-order valence-electron chi connectivity index (χ4n) is 2.56. The van der Waals surface area contributed by atoms with Crippen LogP contribution in [0.1, 0.15) is 11.1 Å². The Balaban J connectivity index is 1.73. The monoisotopic (exact) mass is 381 g/mol. The molecule has 1 aromatic heterocycles. The SMILES string of the molecule is COc1ccc2c(COC(=O)C=Cc3cccc([N+](=O)[O-])c3)cc(=O)oc2c1. The fraction of sp³-hybridized carbons (Fsp3) is 0.100. The van der Waals surface area contributed by atoms with Gasteiger partial charge in [-0.2, -0.15) is 0 Å². The van der Waals surface area contributed by atoms with E-state index in [4.69, 9.17) is 13.9 Å². The molecule has 3 aromatic rings. The van der Waals surface area contributed by atoms with Gasteiger partial charge < -0.3 is 13.9 Å². The summed E-state index contributed by atoms with van der Waals surface area (Å²) in [6.07, 6.45) is 2.58. The van der Waals surface area contributed by atoms with Crippen LogP contribution in [0.2, 0.25) is 0 Å². The van der Waals surface area contributed by atoms with Gasteiger partial charge in [0.15, 0.2) is 0 Å². The molecular formula is C20H15NO7. The zero-order valence-corrected chi connectivity index (χ0v) is 14.8. The van der Waals surface area contributed by atoms with Crippen LogP contribution < -0.4 is 10.4 Å². The molecule has 3 rings (SSSR count). The van der Waals surface area contributed by atoms with Gasteiger partial charge in [0.1, 0.15) is 17.9 Å². The molecule has 0 fully saturated rings. The van der Waals surface area contributed by atoms with Gasteiger partial charge in [-0.1, -0.05) is 12.1 Å². The number of carbonyl (C=O) groups excluding carboxylic acids is 1. The molecule has 0 saturated heterocycles. The number of nitro groups is 1. The minimum Gasteiger partial charge on any atom is -0.497 e. The number of non-ortho nitro benzene ring substituents is 1. The number of methoxy groups -OCH3 is 1. The first kappa shape index (κ1) is 18.8. The number of hydrogen-bond donors (Lipinski definition) is 0. The van der Waals surface area contributed by atoms with E-state index < -0.39 is 16.5 Å². The smallest absolute Gasteiger partial charge is 0.336 e. The zero-order valence-electron chi connectivity index (χ0n) is 14.8. The van der Waals surface area contributed by atoms with Gasteiger partial charge in [-0.25, -0.2) is 9.59 Å². The van der Waals surface area contributed by atoms with Gasteiger partial charge in [0.2, 0.25) is 0 Å². The number of hydrogen-bond acceptors (Lipinski definition) is 7. The lowest BCUT2D eigenvalue weighted by atomic mass is 10.1. The van der Waals surface area contributed by atoms with E-state index in [2.05, 4.69) is 0 Å². The molecule has 0 amide bonds. The molecule has 8 heteroatoms. The largest absolute Gasteiger partial charge is 0.497 e. The van der Waals surface area contributed by atoms with Crippen LogP contribution in [0.4, 0.5) is 5.69 Å². The highest BCUT2D eigenvalue weighted by Crippen LogP contribution is 2.23. The van der Waals surface area contributed by atoms with Crippen LogP contribution in [-0.4, -0.2) is 18.0 Å². The van der Waals surface area contributed by atoms with Gasteiger partial charge in [-0.15, -0.1) is 0 Å². The fourth-order valence-corrected chi connectivity index (χ4v) is 2.56. The van der Waals surface area contributed by atoms with Crippen LogP contribution >= 0.6 is 0 Å². The quantitative estimate of drug-likeness (QED) is 0.211. The summed E-state index contributed by atoms with van der Waals surface area (Å²) < 4.78 is 15.4. The maximum Gasteiger partial charge on any atom is 0.336 e. The Labute approximate surface area is 158 Å². The standard InChI is InChI=1S/C20H15NO7/c1-26-16-6-7-17-14(10-20(23)28-18(17)11-16)12-27-19(22)8-5-13-3-2-4-15(9-13)21(24)25/h2-11H,12H2,1H3. The molecule has 1 heterocycles. The van der Waals surface area contributed by atoms with Gasteiger partial charge in [0, 0.05) is 41.3 Å². The Morgan fingerprint density at radius 3 is 2.79 bits per heavy atom. The number of esters is 1. The molecule has 0 atom stereocenters. The molecule has 142 valence electrons. The molecule has 0 saturated carbocycles. The highest BCUT2D eigenvalue weighted by atomic mass is 16.6. The second kappa shape index (κ2) is 8.17. The lowest BCUT2D eigenvalue weighted by molar-refractivity contribution is -0.384. The molecule has 0 aliphatic rings. The predicted octanol–water partition coefficient (Wildman–Crippen LogP) is 3.47.